The van der Waals surface area contributed by atoms with Crippen LogP contribution >= 0.6 is 0 Å². The number of rotatable bonds is 4. The van der Waals surface area contributed by atoms with Crippen molar-refractivity contribution in [3.05, 3.63) is 23.8 Å². The molecule has 0 amide bonds. The molecular weight excluding hydrogens is 192 g/mol. The summed E-state index contributed by atoms with van der Waals surface area (Å²) in [6, 6.07) is 3.66. The van der Waals surface area contributed by atoms with Crippen LogP contribution in [0.1, 0.15) is 12.5 Å². The van der Waals surface area contributed by atoms with Gasteiger partial charge in [-0.15, -0.1) is 0 Å². The lowest BCUT2D eigenvalue weighted by atomic mass is 10.1. The Bertz CT molecular complexity index is 331. The number of ether oxygens (including phenoxy) is 3. The van der Waals surface area contributed by atoms with E-state index in [0.29, 0.717) is 0 Å². The van der Waals surface area contributed by atoms with E-state index in [1.54, 1.807) is 21.3 Å². The average Bonchev–Trinajstić information content (AvgIpc) is 2.29. The zero-order valence-corrected chi connectivity index (χ0v) is 9.53. The summed E-state index contributed by atoms with van der Waals surface area (Å²) in [5, 5.41) is 0. The molecule has 0 aliphatic carbocycles. The Labute approximate surface area is 90.3 Å². The van der Waals surface area contributed by atoms with Crippen LogP contribution < -0.4 is 14.2 Å². The van der Waals surface area contributed by atoms with Gasteiger partial charge in [-0.2, -0.15) is 0 Å². The van der Waals surface area contributed by atoms with Crippen LogP contribution in [0.3, 0.4) is 0 Å². The van der Waals surface area contributed by atoms with Gasteiger partial charge in [0, 0.05) is 12.1 Å². The van der Waals surface area contributed by atoms with Crippen molar-refractivity contribution in [3.8, 4) is 17.2 Å². The fraction of sp³-hybridized carbons (Fsp3) is 0.333. The van der Waals surface area contributed by atoms with E-state index in [4.69, 9.17) is 14.2 Å². The van der Waals surface area contributed by atoms with E-state index in [-0.39, 0.29) is 0 Å². The molecule has 0 unspecified atom stereocenters. The van der Waals surface area contributed by atoms with Gasteiger partial charge in [-0.3, -0.25) is 0 Å². The summed E-state index contributed by atoms with van der Waals surface area (Å²) in [4.78, 5) is 0. The van der Waals surface area contributed by atoms with Gasteiger partial charge in [0.2, 0.25) is 0 Å². The van der Waals surface area contributed by atoms with Gasteiger partial charge in [0.05, 0.1) is 26.9 Å². The van der Waals surface area contributed by atoms with Gasteiger partial charge in [-0.1, -0.05) is 12.2 Å². The van der Waals surface area contributed by atoms with Gasteiger partial charge >= 0.3 is 0 Å². The Hall–Kier alpha value is -1.64. The zero-order chi connectivity index (χ0) is 11.3. The van der Waals surface area contributed by atoms with Crippen LogP contribution in [-0.4, -0.2) is 21.3 Å². The minimum Gasteiger partial charge on any atom is -0.496 e. The first-order valence-electron chi connectivity index (χ1n) is 4.69. The molecule has 0 fully saturated rings. The second-order valence-corrected chi connectivity index (χ2v) is 2.95. The van der Waals surface area contributed by atoms with Gasteiger partial charge in [0.25, 0.3) is 0 Å². The molecule has 0 aliphatic heterocycles. The highest BCUT2D eigenvalue weighted by Gasteiger charge is 2.09. The fourth-order valence-electron chi connectivity index (χ4n) is 1.36. The maximum Gasteiger partial charge on any atom is 0.133 e. The average molecular weight is 208 g/mol. The number of hydrogen-bond acceptors (Lipinski definition) is 3. The SMILES string of the molecule is C/C=C\c1c(OC)cc(OC)cc1OC. The lowest BCUT2D eigenvalue weighted by molar-refractivity contribution is 0.374. The molecule has 82 valence electrons. The highest BCUT2D eigenvalue weighted by Crippen LogP contribution is 2.34. The van der Waals surface area contributed by atoms with Crippen molar-refractivity contribution in [2.24, 2.45) is 0 Å². The highest BCUT2D eigenvalue weighted by atomic mass is 16.5. The Kier molecular flexibility index (Phi) is 4.03. The van der Waals surface area contributed by atoms with E-state index in [2.05, 4.69) is 0 Å². The maximum absolute atomic E-state index is 5.27. The summed E-state index contributed by atoms with van der Waals surface area (Å²) >= 11 is 0. The number of allylic oxidation sites excluding steroid dienone is 1. The summed E-state index contributed by atoms with van der Waals surface area (Å²) in [5.74, 6) is 2.20. The van der Waals surface area contributed by atoms with Gasteiger partial charge in [0.15, 0.2) is 0 Å². The van der Waals surface area contributed by atoms with Crippen molar-refractivity contribution in [2.45, 2.75) is 6.92 Å². The van der Waals surface area contributed by atoms with Crippen LogP contribution in [0.4, 0.5) is 0 Å². The van der Waals surface area contributed by atoms with Crippen LogP contribution in [0.2, 0.25) is 0 Å². The van der Waals surface area contributed by atoms with Crippen LogP contribution in [0.5, 0.6) is 17.2 Å². The molecule has 3 heteroatoms. The molecule has 0 saturated heterocycles. The van der Waals surface area contributed by atoms with Crippen molar-refractivity contribution >= 4 is 6.08 Å². The Morgan fingerprint density at radius 1 is 0.933 bits per heavy atom. The van der Waals surface area contributed by atoms with Crippen molar-refractivity contribution in [2.75, 3.05) is 21.3 Å². The predicted molar refractivity (Wildman–Crippen MR) is 60.8 cm³/mol. The van der Waals surface area contributed by atoms with Gasteiger partial charge in [0.1, 0.15) is 17.2 Å². The first-order valence-corrected chi connectivity index (χ1v) is 4.69. The molecule has 3 nitrogen and oxygen atoms in total. The lowest BCUT2D eigenvalue weighted by Gasteiger charge is -2.12. The Morgan fingerprint density at radius 2 is 1.47 bits per heavy atom. The zero-order valence-electron chi connectivity index (χ0n) is 9.53. The Balaban J connectivity index is 3.32. The molecule has 0 spiro atoms. The molecule has 1 aromatic carbocycles. The minimum atomic E-state index is 0.719. The smallest absolute Gasteiger partial charge is 0.133 e. The van der Waals surface area contributed by atoms with E-state index in [9.17, 15) is 0 Å². The molecule has 0 N–H and O–H groups in total. The maximum atomic E-state index is 5.27. The molecule has 0 aliphatic rings. The molecule has 1 rings (SSSR count). The van der Waals surface area contributed by atoms with E-state index >= 15 is 0 Å². The fourth-order valence-corrected chi connectivity index (χ4v) is 1.36. The third-order valence-electron chi connectivity index (χ3n) is 2.09. The monoisotopic (exact) mass is 208 g/mol. The first-order chi connectivity index (χ1) is 7.26. The van der Waals surface area contributed by atoms with Gasteiger partial charge in [-0.05, 0) is 6.92 Å². The number of methoxy groups -OCH3 is 3. The second kappa shape index (κ2) is 5.29. The molecule has 15 heavy (non-hydrogen) atoms. The molecule has 1 aromatic rings. The van der Waals surface area contributed by atoms with Crippen molar-refractivity contribution < 1.29 is 14.2 Å². The topological polar surface area (TPSA) is 27.7 Å². The summed E-state index contributed by atoms with van der Waals surface area (Å²) < 4.78 is 15.7. The Morgan fingerprint density at radius 3 is 1.80 bits per heavy atom. The number of hydrogen-bond donors (Lipinski definition) is 0. The van der Waals surface area contributed by atoms with Crippen molar-refractivity contribution in [3.63, 3.8) is 0 Å². The van der Waals surface area contributed by atoms with E-state index in [1.807, 2.05) is 31.2 Å². The second-order valence-electron chi connectivity index (χ2n) is 2.95. The van der Waals surface area contributed by atoms with Crippen LogP contribution in [0.25, 0.3) is 6.08 Å². The van der Waals surface area contributed by atoms with Crippen LogP contribution in [-0.2, 0) is 0 Å². The molecular formula is C12H16O3. The molecule has 0 radical (unpaired) electrons. The largest absolute Gasteiger partial charge is 0.496 e. The molecule has 0 bridgehead atoms. The lowest BCUT2D eigenvalue weighted by Crippen LogP contribution is -1.94. The van der Waals surface area contributed by atoms with E-state index in [1.165, 1.54) is 0 Å². The molecule has 0 aromatic heterocycles. The van der Waals surface area contributed by atoms with Gasteiger partial charge in [-0.25, -0.2) is 0 Å². The quantitative estimate of drug-likeness (QED) is 0.761. The van der Waals surface area contributed by atoms with Crippen LogP contribution in [0, 0.1) is 0 Å². The normalized spacial score (nSPS) is 10.4. The first kappa shape index (κ1) is 11.4. The minimum absolute atomic E-state index is 0.719. The standard InChI is InChI=1S/C12H16O3/c1-5-6-10-11(14-3)7-9(13-2)8-12(10)15-4/h5-8H,1-4H3/b6-5-. The third-order valence-corrected chi connectivity index (χ3v) is 2.09. The highest BCUT2D eigenvalue weighted by molar-refractivity contribution is 5.66. The summed E-state index contributed by atoms with van der Waals surface area (Å²) in [6.07, 6.45) is 3.88. The molecule has 0 heterocycles. The van der Waals surface area contributed by atoms with E-state index in [0.717, 1.165) is 22.8 Å². The van der Waals surface area contributed by atoms with Crippen molar-refractivity contribution in [1.82, 2.24) is 0 Å². The predicted octanol–water partition coefficient (Wildman–Crippen LogP) is 2.75. The molecule has 0 atom stereocenters. The third kappa shape index (κ3) is 2.43. The van der Waals surface area contributed by atoms with E-state index < -0.39 is 0 Å². The summed E-state index contributed by atoms with van der Waals surface area (Å²) in [5.41, 5.74) is 0.920. The summed E-state index contributed by atoms with van der Waals surface area (Å²) in [7, 11) is 4.87. The number of benzene rings is 1. The molecule has 0 saturated carbocycles. The van der Waals surface area contributed by atoms with Crippen molar-refractivity contribution in [1.29, 1.82) is 0 Å². The summed E-state index contributed by atoms with van der Waals surface area (Å²) in [6.45, 7) is 1.95. The van der Waals surface area contributed by atoms with Gasteiger partial charge < -0.3 is 14.2 Å². The van der Waals surface area contributed by atoms with Crippen LogP contribution in [0.15, 0.2) is 18.2 Å².